The van der Waals surface area contributed by atoms with Crippen molar-refractivity contribution in [2.45, 2.75) is 25.4 Å². The van der Waals surface area contributed by atoms with E-state index < -0.39 is 29.0 Å². The predicted octanol–water partition coefficient (Wildman–Crippen LogP) is 4.87. The molecular weight excluding hydrogens is 420 g/mol. The maximum absolute atomic E-state index is 12.7. The molecule has 1 atom stereocenters. The molecule has 5 nitrogen and oxygen atoms in total. The highest BCUT2D eigenvalue weighted by atomic mass is 35.5. The Bertz CT molecular complexity index is 889. The maximum atomic E-state index is 12.7. The molecule has 0 spiro atoms. The summed E-state index contributed by atoms with van der Waals surface area (Å²) < 4.78 is 38.2. The molecule has 0 saturated heterocycles. The van der Waals surface area contributed by atoms with Crippen molar-refractivity contribution in [1.82, 2.24) is 10.5 Å². The Morgan fingerprint density at radius 2 is 1.89 bits per heavy atom. The van der Waals surface area contributed by atoms with Gasteiger partial charge in [-0.25, -0.2) is 4.79 Å². The number of hydrogen-bond donors (Lipinski definition) is 1. The van der Waals surface area contributed by atoms with Crippen molar-refractivity contribution in [1.29, 1.82) is 0 Å². The smallest absolute Gasteiger partial charge is 0.339 e. The number of rotatable bonds is 4. The highest BCUT2D eigenvalue weighted by Gasteiger charge is 2.31. The van der Waals surface area contributed by atoms with E-state index in [4.69, 9.17) is 23.2 Å². The minimum absolute atomic E-state index is 0.0712. The third kappa shape index (κ3) is 5.36. The number of nitrogens with zero attached hydrogens (tertiary/aromatic N) is 1. The molecule has 28 heavy (non-hydrogen) atoms. The third-order valence-corrected chi connectivity index (χ3v) is 4.59. The first kappa shape index (κ1) is 22.0. The fourth-order valence-electron chi connectivity index (χ4n) is 2.10. The molecule has 150 valence electrons. The minimum atomic E-state index is -4.57. The molecule has 1 unspecified atom stereocenters. The maximum Gasteiger partial charge on any atom is 0.417 e. The van der Waals surface area contributed by atoms with Crippen LogP contribution in [0.5, 0.6) is 0 Å². The molecule has 0 aliphatic heterocycles. The van der Waals surface area contributed by atoms with E-state index in [1.54, 1.807) is 13.8 Å². The van der Waals surface area contributed by atoms with Crippen LogP contribution in [0.3, 0.4) is 0 Å². The second-order valence-electron chi connectivity index (χ2n) is 6.13. The molecule has 1 heterocycles. The van der Waals surface area contributed by atoms with E-state index in [-0.39, 0.29) is 22.2 Å². The van der Waals surface area contributed by atoms with E-state index in [0.29, 0.717) is 11.8 Å². The summed E-state index contributed by atoms with van der Waals surface area (Å²) in [6.07, 6.45) is -3.92. The van der Waals surface area contributed by atoms with Crippen LogP contribution >= 0.6 is 23.2 Å². The second-order valence-corrected chi connectivity index (χ2v) is 7.01. The number of carbonyl (C=O) groups excluding carboxylic acids is 2. The number of hydroxylamine groups is 1. The summed E-state index contributed by atoms with van der Waals surface area (Å²) in [4.78, 5) is 32.3. The van der Waals surface area contributed by atoms with Crippen LogP contribution in [-0.4, -0.2) is 22.2 Å². The van der Waals surface area contributed by atoms with Crippen LogP contribution in [0, 0.1) is 5.92 Å². The highest BCUT2D eigenvalue weighted by Crippen LogP contribution is 2.34. The zero-order valence-corrected chi connectivity index (χ0v) is 16.2. The molecule has 1 N–H and O–H groups in total. The van der Waals surface area contributed by atoms with Gasteiger partial charge in [-0.15, -0.1) is 11.6 Å². The average molecular weight is 435 g/mol. The zero-order chi connectivity index (χ0) is 21.1. The van der Waals surface area contributed by atoms with Gasteiger partial charge in [0.05, 0.1) is 16.3 Å². The standard InChI is InChI=1S/C18H15Cl2F3N2O3/c1-9(2)14(20)17(27)28-25-16(26)11-5-3-4-10(6-11)15-13(19)7-12(8-24-15)18(21,22)23/h3-9,14H,1-2H3,(H,25,26). The molecular formula is C18H15Cl2F3N2O3. The van der Waals surface area contributed by atoms with Gasteiger partial charge in [0.1, 0.15) is 5.38 Å². The number of benzene rings is 1. The van der Waals surface area contributed by atoms with Gasteiger partial charge in [0, 0.05) is 17.3 Å². The Hall–Kier alpha value is -2.32. The van der Waals surface area contributed by atoms with E-state index in [1.807, 2.05) is 5.48 Å². The van der Waals surface area contributed by atoms with Crippen LogP contribution in [0.2, 0.25) is 5.02 Å². The van der Waals surface area contributed by atoms with Gasteiger partial charge < -0.3 is 4.84 Å². The lowest BCUT2D eigenvalue weighted by Gasteiger charge is -2.13. The lowest BCUT2D eigenvalue weighted by atomic mass is 10.1. The molecule has 1 aromatic carbocycles. The SMILES string of the molecule is CC(C)C(Cl)C(=O)ONC(=O)c1cccc(-c2ncc(C(F)(F)F)cc2Cl)c1. The molecule has 2 rings (SSSR count). The van der Waals surface area contributed by atoms with Crippen LogP contribution in [0.1, 0.15) is 29.8 Å². The van der Waals surface area contributed by atoms with Crippen LogP contribution in [0.4, 0.5) is 13.2 Å². The first-order valence-electron chi connectivity index (χ1n) is 7.99. The second kappa shape index (κ2) is 8.79. The average Bonchev–Trinajstić information content (AvgIpc) is 2.64. The first-order valence-corrected chi connectivity index (χ1v) is 8.80. The van der Waals surface area contributed by atoms with E-state index in [1.165, 1.54) is 24.3 Å². The van der Waals surface area contributed by atoms with Crippen molar-refractivity contribution in [2.75, 3.05) is 0 Å². The van der Waals surface area contributed by atoms with Gasteiger partial charge in [0.15, 0.2) is 0 Å². The van der Waals surface area contributed by atoms with Crippen molar-refractivity contribution < 1.29 is 27.6 Å². The monoisotopic (exact) mass is 434 g/mol. The lowest BCUT2D eigenvalue weighted by Crippen LogP contribution is -2.32. The fraction of sp³-hybridized carbons (Fsp3) is 0.278. The first-order chi connectivity index (χ1) is 13.0. The molecule has 0 aliphatic carbocycles. The Labute approximate surface area is 168 Å². The number of halogens is 5. The summed E-state index contributed by atoms with van der Waals surface area (Å²) in [6, 6.07) is 6.54. The lowest BCUT2D eigenvalue weighted by molar-refractivity contribution is -0.149. The van der Waals surface area contributed by atoms with Crippen LogP contribution in [0.25, 0.3) is 11.3 Å². The van der Waals surface area contributed by atoms with E-state index >= 15 is 0 Å². The van der Waals surface area contributed by atoms with E-state index in [0.717, 1.165) is 6.07 Å². The van der Waals surface area contributed by atoms with Gasteiger partial charge in [0.25, 0.3) is 5.91 Å². The van der Waals surface area contributed by atoms with Gasteiger partial charge >= 0.3 is 12.1 Å². The normalized spacial score (nSPS) is 12.6. The zero-order valence-electron chi connectivity index (χ0n) is 14.7. The Kier molecular flexibility index (Phi) is 6.90. The molecule has 2 aromatic rings. The largest absolute Gasteiger partial charge is 0.417 e. The summed E-state index contributed by atoms with van der Waals surface area (Å²) >= 11 is 11.8. The van der Waals surface area contributed by atoms with Crippen molar-refractivity contribution >= 4 is 35.1 Å². The van der Waals surface area contributed by atoms with Gasteiger partial charge in [0.2, 0.25) is 0 Å². The highest BCUT2D eigenvalue weighted by molar-refractivity contribution is 6.33. The molecule has 1 aromatic heterocycles. The number of alkyl halides is 4. The van der Waals surface area contributed by atoms with Crippen molar-refractivity contribution in [2.24, 2.45) is 5.92 Å². The predicted molar refractivity (Wildman–Crippen MR) is 97.7 cm³/mol. The molecule has 0 aliphatic rings. The molecule has 0 radical (unpaired) electrons. The van der Waals surface area contributed by atoms with Crippen LogP contribution < -0.4 is 5.48 Å². The van der Waals surface area contributed by atoms with Crippen LogP contribution in [0.15, 0.2) is 36.5 Å². The van der Waals surface area contributed by atoms with Gasteiger partial charge in [-0.1, -0.05) is 37.6 Å². The Morgan fingerprint density at radius 3 is 2.46 bits per heavy atom. The number of aromatic nitrogens is 1. The summed E-state index contributed by atoms with van der Waals surface area (Å²) in [7, 11) is 0. The van der Waals surface area contributed by atoms with Gasteiger partial charge in [-0.3, -0.25) is 9.78 Å². The number of amides is 1. The summed E-state index contributed by atoms with van der Waals surface area (Å²) in [5.41, 5.74) is 1.47. The van der Waals surface area contributed by atoms with E-state index in [2.05, 4.69) is 9.82 Å². The molecule has 0 fully saturated rings. The Balaban J connectivity index is 2.18. The van der Waals surface area contributed by atoms with Crippen LogP contribution in [-0.2, 0) is 15.8 Å². The number of pyridine rings is 1. The topological polar surface area (TPSA) is 68.3 Å². The molecule has 1 amide bonds. The summed E-state index contributed by atoms with van der Waals surface area (Å²) in [5, 5.41) is -1.15. The third-order valence-electron chi connectivity index (χ3n) is 3.62. The van der Waals surface area contributed by atoms with Crippen molar-refractivity contribution in [3.05, 3.63) is 52.7 Å². The van der Waals surface area contributed by atoms with Gasteiger partial charge in [-0.2, -0.15) is 18.7 Å². The molecule has 0 saturated carbocycles. The van der Waals surface area contributed by atoms with Crippen molar-refractivity contribution in [3.8, 4) is 11.3 Å². The Morgan fingerprint density at radius 1 is 1.21 bits per heavy atom. The molecule has 10 heteroatoms. The number of hydrogen-bond acceptors (Lipinski definition) is 4. The summed E-state index contributed by atoms with van der Waals surface area (Å²) in [6.45, 7) is 3.43. The quantitative estimate of drug-likeness (QED) is 0.550. The minimum Gasteiger partial charge on any atom is -0.339 e. The van der Waals surface area contributed by atoms with Crippen molar-refractivity contribution in [3.63, 3.8) is 0 Å². The van der Waals surface area contributed by atoms with E-state index in [9.17, 15) is 22.8 Å². The summed E-state index contributed by atoms with van der Waals surface area (Å²) in [5.74, 6) is -1.75. The number of nitrogens with one attached hydrogen (secondary N) is 1. The fourth-order valence-corrected chi connectivity index (χ4v) is 2.42. The van der Waals surface area contributed by atoms with Gasteiger partial charge in [-0.05, 0) is 24.1 Å². The number of carbonyl (C=O) groups is 2. The molecule has 0 bridgehead atoms.